The number of pyridine rings is 1. The van der Waals surface area contributed by atoms with Gasteiger partial charge >= 0.3 is 5.97 Å². The van der Waals surface area contributed by atoms with Gasteiger partial charge in [0.15, 0.2) is 0 Å². The van der Waals surface area contributed by atoms with Gasteiger partial charge < -0.3 is 14.7 Å². The molecule has 0 amide bonds. The minimum Gasteiger partial charge on any atom is -0.497 e. The Kier molecular flexibility index (Phi) is 9.29. The van der Waals surface area contributed by atoms with Crippen molar-refractivity contribution in [2.24, 2.45) is 11.8 Å². The van der Waals surface area contributed by atoms with Gasteiger partial charge in [0.1, 0.15) is 11.6 Å². The van der Waals surface area contributed by atoms with Crippen LogP contribution in [-0.4, -0.2) is 47.7 Å². The average molecular weight is 493 g/mol. The SMILES string of the molecule is COc1ccc2nccc(CCC[C@@H]3CCN(CCCCc4ccc(F)cc4)C[C@@H]3CC(=O)O)c2c1. The molecule has 3 aromatic rings. The van der Waals surface area contributed by atoms with Crippen LogP contribution in [0.1, 0.15) is 49.7 Å². The first-order valence-corrected chi connectivity index (χ1v) is 13.1. The lowest BCUT2D eigenvalue weighted by Crippen LogP contribution is -2.41. The van der Waals surface area contributed by atoms with Crippen molar-refractivity contribution in [3.05, 3.63) is 71.7 Å². The third-order valence-corrected chi connectivity index (χ3v) is 7.58. The van der Waals surface area contributed by atoms with E-state index in [0.717, 1.165) is 81.2 Å². The molecule has 4 rings (SSSR count). The summed E-state index contributed by atoms with van der Waals surface area (Å²) in [5.41, 5.74) is 3.41. The van der Waals surface area contributed by atoms with Crippen LogP contribution in [0.2, 0.25) is 0 Å². The number of ether oxygens (including phenoxy) is 1. The maximum atomic E-state index is 13.1. The van der Waals surface area contributed by atoms with E-state index in [-0.39, 0.29) is 18.2 Å². The molecule has 2 atom stereocenters. The Morgan fingerprint density at radius 2 is 1.92 bits per heavy atom. The second kappa shape index (κ2) is 12.8. The molecule has 1 aliphatic rings. The van der Waals surface area contributed by atoms with Crippen LogP contribution >= 0.6 is 0 Å². The second-order valence-corrected chi connectivity index (χ2v) is 10.0. The molecule has 0 aliphatic carbocycles. The zero-order valence-corrected chi connectivity index (χ0v) is 21.2. The van der Waals surface area contributed by atoms with Gasteiger partial charge in [0.2, 0.25) is 0 Å². The summed E-state index contributed by atoms with van der Waals surface area (Å²) in [7, 11) is 1.68. The highest BCUT2D eigenvalue weighted by molar-refractivity contribution is 5.83. The number of carboxylic acid groups (broad SMARTS) is 1. The summed E-state index contributed by atoms with van der Waals surface area (Å²) in [6.07, 6.45) is 9.28. The van der Waals surface area contributed by atoms with E-state index in [1.54, 1.807) is 7.11 Å². The Hall–Kier alpha value is -2.99. The van der Waals surface area contributed by atoms with Crippen LogP contribution in [0.5, 0.6) is 5.75 Å². The molecule has 0 saturated carbocycles. The lowest BCUT2D eigenvalue weighted by Gasteiger charge is -2.38. The first-order chi connectivity index (χ1) is 17.5. The summed E-state index contributed by atoms with van der Waals surface area (Å²) < 4.78 is 18.5. The first-order valence-electron chi connectivity index (χ1n) is 13.1. The van der Waals surface area contributed by atoms with Gasteiger partial charge in [-0.3, -0.25) is 9.78 Å². The lowest BCUT2D eigenvalue weighted by molar-refractivity contribution is -0.139. The van der Waals surface area contributed by atoms with Gasteiger partial charge in [-0.25, -0.2) is 4.39 Å². The van der Waals surface area contributed by atoms with Crippen molar-refractivity contribution in [1.29, 1.82) is 0 Å². The van der Waals surface area contributed by atoms with Crippen molar-refractivity contribution in [1.82, 2.24) is 9.88 Å². The molecular formula is C30H37FN2O3. The number of unbranched alkanes of at least 4 members (excludes halogenated alkanes) is 1. The third-order valence-electron chi connectivity index (χ3n) is 7.58. The zero-order valence-electron chi connectivity index (χ0n) is 21.2. The fourth-order valence-corrected chi connectivity index (χ4v) is 5.59. The van der Waals surface area contributed by atoms with Crippen molar-refractivity contribution in [2.45, 2.75) is 51.4 Å². The fourth-order valence-electron chi connectivity index (χ4n) is 5.59. The molecule has 0 bridgehead atoms. The quantitative estimate of drug-likeness (QED) is 0.308. The number of carboxylic acids is 1. The predicted octanol–water partition coefficient (Wildman–Crippen LogP) is 6.14. The number of aliphatic carboxylic acids is 1. The van der Waals surface area contributed by atoms with E-state index in [1.165, 1.54) is 23.3 Å². The van der Waals surface area contributed by atoms with E-state index in [0.29, 0.717) is 5.92 Å². The van der Waals surface area contributed by atoms with Gasteiger partial charge in [0, 0.05) is 24.5 Å². The minimum absolute atomic E-state index is 0.194. The number of hydrogen-bond donors (Lipinski definition) is 1. The molecular weight excluding hydrogens is 455 g/mol. The Balaban J connectivity index is 1.27. The number of halogens is 1. The molecule has 192 valence electrons. The van der Waals surface area contributed by atoms with E-state index >= 15 is 0 Å². The number of hydrogen-bond acceptors (Lipinski definition) is 4. The van der Waals surface area contributed by atoms with Crippen LogP contribution in [0.4, 0.5) is 4.39 Å². The fraction of sp³-hybridized carbons (Fsp3) is 0.467. The van der Waals surface area contributed by atoms with E-state index in [9.17, 15) is 14.3 Å². The predicted molar refractivity (Wildman–Crippen MR) is 141 cm³/mol. The lowest BCUT2D eigenvalue weighted by atomic mass is 9.79. The summed E-state index contributed by atoms with van der Waals surface area (Å²) in [6, 6.07) is 14.8. The summed E-state index contributed by atoms with van der Waals surface area (Å²) in [5.74, 6) is 0.584. The Labute approximate surface area is 213 Å². The van der Waals surface area contributed by atoms with Gasteiger partial charge in [0.05, 0.1) is 12.6 Å². The number of carbonyl (C=O) groups is 1. The number of rotatable bonds is 12. The smallest absolute Gasteiger partial charge is 0.303 e. The Bertz CT molecular complexity index is 1130. The molecule has 36 heavy (non-hydrogen) atoms. The topological polar surface area (TPSA) is 62.7 Å². The number of aryl methyl sites for hydroxylation is 2. The van der Waals surface area contributed by atoms with Gasteiger partial charge in [-0.05, 0) is 117 Å². The summed E-state index contributed by atoms with van der Waals surface area (Å²) >= 11 is 0. The number of aromatic nitrogens is 1. The van der Waals surface area contributed by atoms with Crippen molar-refractivity contribution >= 4 is 16.9 Å². The van der Waals surface area contributed by atoms with Gasteiger partial charge in [-0.2, -0.15) is 0 Å². The maximum absolute atomic E-state index is 13.1. The average Bonchev–Trinajstić information content (AvgIpc) is 2.88. The molecule has 5 nitrogen and oxygen atoms in total. The number of nitrogens with zero attached hydrogens (tertiary/aromatic N) is 2. The molecule has 2 heterocycles. The number of benzene rings is 2. The Morgan fingerprint density at radius 1 is 1.08 bits per heavy atom. The maximum Gasteiger partial charge on any atom is 0.303 e. The minimum atomic E-state index is -0.699. The van der Waals surface area contributed by atoms with E-state index in [4.69, 9.17) is 4.74 Å². The van der Waals surface area contributed by atoms with Crippen LogP contribution in [0.15, 0.2) is 54.7 Å². The van der Waals surface area contributed by atoms with Crippen molar-refractivity contribution in [2.75, 3.05) is 26.7 Å². The van der Waals surface area contributed by atoms with Crippen LogP contribution in [0.3, 0.4) is 0 Å². The molecule has 1 N–H and O–H groups in total. The summed E-state index contributed by atoms with van der Waals surface area (Å²) in [4.78, 5) is 18.5. The molecule has 0 radical (unpaired) electrons. The van der Waals surface area contributed by atoms with Gasteiger partial charge in [-0.1, -0.05) is 12.1 Å². The molecule has 1 saturated heterocycles. The summed E-state index contributed by atoms with van der Waals surface area (Å²) in [5, 5.41) is 10.7. The summed E-state index contributed by atoms with van der Waals surface area (Å²) in [6.45, 7) is 2.89. The van der Waals surface area contributed by atoms with E-state index in [1.807, 2.05) is 30.5 Å². The zero-order chi connectivity index (χ0) is 25.3. The van der Waals surface area contributed by atoms with E-state index in [2.05, 4.69) is 22.0 Å². The Morgan fingerprint density at radius 3 is 2.69 bits per heavy atom. The highest BCUT2D eigenvalue weighted by Gasteiger charge is 2.30. The highest BCUT2D eigenvalue weighted by atomic mass is 19.1. The van der Waals surface area contributed by atoms with Gasteiger partial charge in [-0.15, -0.1) is 0 Å². The monoisotopic (exact) mass is 492 g/mol. The van der Waals surface area contributed by atoms with E-state index < -0.39 is 5.97 Å². The van der Waals surface area contributed by atoms with Crippen molar-refractivity contribution in [3.8, 4) is 5.75 Å². The van der Waals surface area contributed by atoms with Crippen LogP contribution < -0.4 is 4.74 Å². The normalized spacial score (nSPS) is 18.4. The number of fused-ring (bicyclic) bond motifs is 1. The molecule has 0 spiro atoms. The van der Waals surface area contributed by atoms with Crippen LogP contribution in [0, 0.1) is 17.7 Å². The molecule has 0 unspecified atom stereocenters. The van der Waals surface area contributed by atoms with Crippen molar-refractivity contribution in [3.63, 3.8) is 0 Å². The number of likely N-dealkylation sites (tertiary alicyclic amines) is 1. The number of methoxy groups -OCH3 is 1. The highest BCUT2D eigenvalue weighted by Crippen LogP contribution is 2.32. The number of piperidine rings is 1. The first kappa shape index (κ1) is 26.1. The third kappa shape index (κ3) is 7.26. The standard InChI is InChI=1S/C30H37FN2O3/c1-36-27-12-13-29-28(20-27)24(14-16-32-29)7-4-6-23-15-18-33(21-25(23)19-30(34)35)17-3-2-5-22-8-10-26(31)11-9-22/h8-14,16,20,23,25H,2-7,15,17-19,21H2,1H3,(H,34,35)/t23-,25+/m1/s1. The second-order valence-electron chi connectivity index (χ2n) is 10.0. The van der Waals surface area contributed by atoms with Gasteiger partial charge in [0.25, 0.3) is 0 Å². The largest absolute Gasteiger partial charge is 0.497 e. The molecule has 1 fully saturated rings. The molecule has 2 aromatic carbocycles. The molecule has 6 heteroatoms. The van der Waals surface area contributed by atoms with Crippen molar-refractivity contribution < 1.29 is 19.0 Å². The van der Waals surface area contributed by atoms with Crippen LogP contribution in [0.25, 0.3) is 10.9 Å². The van der Waals surface area contributed by atoms with Crippen LogP contribution in [-0.2, 0) is 17.6 Å². The molecule has 1 aliphatic heterocycles. The molecule has 1 aromatic heterocycles.